The molecular weight excluding hydrogens is 86.1 g/mol. The molecule has 1 nitrogen and oxygen atoms in total. The van der Waals surface area contributed by atoms with E-state index in [0.29, 0.717) is 0 Å². The lowest BCUT2D eigenvalue weighted by Crippen LogP contribution is -2.22. The highest BCUT2D eigenvalue weighted by molar-refractivity contribution is 4.95. The number of hydrogen-bond donors (Lipinski definition) is 0. The third kappa shape index (κ3) is 2.24. The molecular formula is C6H11N. The van der Waals surface area contributed by atoms with E-state index >= 15 is 0 Å². The summed E-state index contributed by atoms with van der Waals surface area (Å²) in [6.07, 6.45) is 5.08. The Hall–Kier alpha value is -0.480. The van der Waals surface area contributed by atoms with Gasteiger partial charge in [-0.1, -0.05) is 5.92 Å². The summed E-state index contributed by atoms with van der Waals surface area (Å²) in [6.45, 7) is 1.99. The molecule has 0 aromatic heterocycles. The van der Waals surface area contributed by atoms with Crippen molar-refractivity contribution in [3.05, 3.63) is 0 Å². The third-order valence-electron chi connectivity index (χ3n) is 1.02. The summed E-state index contributed by atoms with van der Waals surface area (Å²) in [7, 11) is 3.93. The average molecular weight is 97.2 g/mol. The summed E-state index contributed by atoms with van der Waals surface area (Å²) < 4.78 is 0. The Balaban J connectivity index is 3.40. The smallest absolute Gasteiger partial charge is 0.0678 e. The topological polar surface area (TPSA) is 3.24 Å². The second-order valence-electron chi connectivity index (χ2n) is 1.81. The summed E-state index contributed by atoms with van der Waals surface area (Å²) in [6, 6.07) is 0.264. The van der Waals surface area contributed by atoms with Crippen molar-refractivity contribution in [2.75, 3.05) is 14.1 Å². The van der Waals surface area contributed by atoms with E-state index in [9.17, 15) is 0 Å². The number of terminal acetylenes is 1. The molecule has 0 heterocycles. The summed E-state index contributed by atoms with van der Waals surface area (Å²) in [5.41, 5.74) is 0. The van der Waals surface area contributed by atoms with Gasteiger partial charge < -0.3 is 0 Å². The number of hydrogen-bond acceptors (Lipinski definition) is 1. The molecule has 0 spiro atoms. The maximum Gasteiger partial charge on any atom is 0.0678 e. The SMILES string of the molecule is C#CC(C)N(C)C. The first-order chi connectivity index (χ1) is 3.18. The number of rotatable bonds is 1. The van der Waals surface area contributed by atoms with Gasteiger partial charge >= 0.3 is 0 Å². The molecule has 0 saturated heterocycles. The normalized spacial score (nSPS) is 13.6. The first-order valence-corrected chi connectivity index (χ1v) is 2.31. The maximum atomic E-state index is 5.08. The van der Waals surface area contributed by atoms with Crippen LogP contribution in [0.25, 0.3) is 0 Å². The van der Waals surface area contributed by atoms with Crippen LogP contribution in [0, 0.1) is 12.3 Å². The van der Waals surface area contributed by atoms with E-state index in [4.69, 9.17) is 6.42 Å². The minimum atomic E-state index is 0.264. The molecule has 0 bridgehead atoms. The summed E-state index contributed by atoms with van der Waals surface area (Å²) in [5, 5.41) is 0. The van der Waals surface area contributed by atoms with Gasteiger partial charge in [0.2, 0.25) is 0 Å². The molecule has 1 atom stereocenters. The lowest BCUT2D eigenvalue weighted by Gasteiger charge is -2.11. The van der Waals surface area contributed by atoms with Gasteiger partial charge in [-0.3, -0.25) is 4.90 Å². The van der Waals surface area contributed by atoms with Crippen molar-refractivity contribution in [2.45, 2.75) is 13.0 Å². The fourth-order valence-electron chi connectivity index (χ4n) is 0.149. The molecule has 0 aromatic rings. The molecule has 40 valence electrons. The van der Waals surface area contributed by atoms with Crippen molar-refractivity contribution < 1.29 is 0 Å². The van der Waals surface area contributed by atoms with Crippen molar-refractivity contribution in [1.29, 1.82) is 0 Å². The maximum absolute atomic E-state index is 5.08. The van der Waals surface area contributed by atoms with Crippen molar-refractivity contribution in [1.82, 2.24) is 4.90 Å². The molecule has 0 radical (unpaired) electrons. The van der Waals surface area contributed by atoms with Gasteiger partial charge in [-0.05, 0) is 21.0 Å². The Kier molecular flexibility index (Phi) is 2.47. The largest absolute Gasteiger partial charge is 0.296 e. The van der Waals surface area contributed by atoms with Gasteiger partial charge in [-0.25, -0.2) is 0 Å². The Morgan fingerprint density at radius 2 is 2.00 bits per heavy atom. The summed E-state index contributed by atoms with van der Waals surface area (Å²) in [5.74, 6) is 2.59. The van der Waals surface area contributed by atoms with Crippen LogP contribution in [-0.2, 0) is 0 Å². The van der Waals surface area contributed by atoms with Crippen LogP contribution in [-0.4, -0.2) is 25.0 Å². The quantitative estimate of drug-likeness (QED) is 0.432. The molecule has 1 unspecified atom stereocenters. The standard InChI is InChI=1S/C6H11N/c1-5-6(2)7(3)4/h1,6H,2-4H3. The van der Waals surface area contributed by atoms with Gasteiger partial charge in [0, 0.05) is 0 Å². The van der Waals surface area contributed by atoms with Crippen LogP contribution < -0.4 is 0 Å². The van der Waals surface area contributed by atoms with E-state index in [1.54, 1.807) is 0 Å². The Morgan fingerprint density at radius 3 is 2.00 bits per heavy atom. The highest BCUT2D eigenvalue weighted by Crippen LogP contribution is 1.84. The molecule has 0 aliphatic rings. The van der Waals surface area contributed by atoms with Gasteiger partial charge in [0.25, 0.3) is 0 Å². The van der Waals surface area contributed by atoms with E-state index in [2.05, 4.69) is 5.92 Å². The molecule has 0 aliphatic heterocycles. The minimum Gasteiger partial charge on any atom is -0.296 e. The van der Waals surface area contributed by atoms with Gasteiger partial charge in [-0.2, -0.15) is 0 Å². The van der Waals surface area contributed by atoms with Crippen LogP contribution in [0.4, 0.5) is 0 Å². The first kappa shape index (κ1) is 6.52. The minimum absolute atomic E-state index is 0.264. The summed E-state index contributed by atoms with van der Waals surface area (Å²) in [4.78, 5) is 1.99. The van der Waals surface area contributed by atoms with Crippen molar-refractivity contribution in [3.63, 3.8) is 0 Å². The first-order valence-electron chi connectivity index (χ1n) is 2.31. The molecule has 0 rings (SSSR count). The lowest BCUT2D eigenvalue weighted by molar-refractivity contribution is 0.373. The zero-order chi connectivity index (χ0) is 5.86. The van der Waals surface area contributed by atoms with Gasteiger partial charge in [-0.15, -0.1) is 6.42 Å². The van der Waals surface area contributed by atoms with Crippen LogP contribution in [0.1, 0.15) is 6.92 Å². The highest BCUT2D eigenvalue weighted by Gasteiger charge is 1.94. The lowest BCUT2D eigenvalue weighted by atomic mass is 10.3. The fourth-order valence-corrected chi connectivity index (χ4v) is 0.149. The molecule has 0 amide bonds. The van der Waals surface area contributed by atoms with Gasteiger partial charge in [0.05, 0.1) is 6.04 Å². The zero-order valence-corrected chi connectivity index (χ0v) is 5.10. The Labute approximate surface area is 45.3 Å². The average Bonchev–Trinajstić information content (AvgIpc) is 1.65. The molecule has 0 aromatic carbocycles. The van der Waals surface area contributed by atoms with Crippen molar-refractivity contribution >= 4 is 0 Å². The highest BCUT2D eigenvalue weighted by atomic mass is 15.1. The fraction of sp³-hybridized carbons (Fsp3) is 0.667. The Bertz CT molecular complexity index is 78.7. The second kappa shape index (κ2) is 2.65. The molecule has 0 fully saturated rings. The van der Waals surface area contributed by atoms with E-state index < -0.39 is 0 Å². The van der Waals surface area contributed by atoms with Crippen LogP contribution in [0.15, 0.2) is 0 Å². The van der Waals surface area contributed by atoms with E-state index in [1.165, 1.54) is 0 Å². The van der Waals surface area contributed by atoms with E-state index in [1.807, 2.05) is 25.9 Å². The third-order valence-corrected chi connectivity index (χ3v) is 1.02. The van der Waals surface area contributed by atoms with Crippen LogP contribution in [0.2, 0.25) is 0 Å². The predicted octanol–water partition coefficient (Wildman–Crippen LogP) is 0.570. The molecule has 0 aliphatic carbocycles. The van der Waals surface area contributed by atoms with Crippen LogP contribution >= 0.6 is 0 Å². The van der Waals surface area contributed by atoms with Crippen LogP contribution in [0.3, 0.4) is 0 Å². The predicted molar refractivity (Wildman–Crippen MR) is 32.0 cm³/mol. The molecule has 0 N–H and O–H groups in total. The number of nitrogens with zero attached hydrogens (tertiary/aromatic N) is 1. The molecule has 7 heavy (non-hydrogen) atoms. The van der Waals surface area contributed by atoms with Crippen molar-refractivity contribution in [2.24, 2.45) is 0 Å². The van der Waals surface area contributed by atoms with E-state index in [-0.39, 0.29) is 6.04 Å². The van der Waals surface area contributed by atoms with Crippen molar-refractivity contribution in [3.8, 4) is 12.3 Å². The zero-order valence-electron chi connectivity index (χ0n) is 5.10. The molecule has 1 heteroatoms. The Morgan fingerprint density at radius 1 is 1.57 bits per heavy atom. The van der Waals surface area contributed by atoms with E-state index in [0.717, 1.165) is 0 Å². The monoisotopic (exact) mass is 97.1 g/mol. The van der Waals surface area contributed by atoms with Gasteiger partial charge in [0.15, 0.2) is 0 Å². The molecule has 0 saturated carbocycles. The second-order valence-corrected chi connectivity index (χ2v) is 1.81. The van der Waals surface area contributed by atoms with Crippen LogP contribution in [0.5, 0.6) is 0 Å². The van der Waals surface area contributed by atoms with Gasteiger partial charge in [0.1, 0.15) is 0 Å². The summed E-state index contributed by atoms with van der Waals surface area (Å²) >= 11 is 0.